The van der Waals surface area contributed by atoms with Crippen molar-refractivity contribution in [3.8, 4) is 0 Å². The van der Waals surface area contributed by atoms with Gasteiger partial charge in [-0.25, -0.2) is 72.1 Å². The number of aliphatic hydroxyl groups is 1. The Kier molecular flexibility index (Phi) is 37.0. The summed E-state index contributed by atoms with van der Waals surface area (Å²) in [4.78, 5) is 138. The summed E-state index contributed by atoms with van der Waals surface area (Å²) < 4.78 is 240. The van der Waals surface area contributed by atoms with Crippen molar-refractivity contribution in [2.75, 3.05) is 163 Å². The number of aromatic amines is 2. The van der Waals surface area contributed by atoms with Gasteiger partial charge in [0.15, 0.2) is 65.2 Å². The second kappa shape index (κ2) is 48.3. The highest BCUT2D eigenvalue weighted by Gasteiger charge is 2.59. The lowest BCUT2D eigenvalue weighted by Crippen LogP contribution is -2.41. The van der Waals surface area contributed by atoms with Crippen molar-refractivity contribution in [3.05, 3.63) is 119 Å². The molecule has 15 rings (SSSR count). The van der Waals surface area contributed by atoms with Crippen LogP contribution in [0.5, 0.6) is 0 Å². The predicted octanol–water partition coefficient (Wildman–Crippen LogP) is 0.727. The average Bonchev–Trinajstić information content (AvgIpc) is 1.60. The molecule has 10 unspecified atom stereocenters. The number of hydrogen-bond donors (Lipinski definition) is 13. The Balaban J connectivity index is 0.718. The number of nitrogens with two attached hydrogens (primary N) is 5. The number of nitrogen functional groups attached to an aromatic ring is 5. The largest absolute Gasteiger partial charge is 0.472 e. The highest BCUT2D eigenvalue weighted by molar-refractivity contribution is 8.45. The van der Waals surface area contributed by atoms with Crippen molar-refractivity contribution in [2.45, 2.75) is 182 Å². The third kappa shape index (κ3) is 25.9. The van der Waals surface area contributed by atoms with Gasteiger partial charge in [-0.15, -0.1) is 0 Å². The fraction of sp³-hybridized carbons (Fsp3) is 0.645. The zero-order valence-corrected chi connectivity index (χ0v) is 86.2. The number of aliphatic hydroxyl groups excluding tert-OH is 1. The van der Waals surface area contributed by atoms with E-state index in [4.69, 9.17) is 150 Å². The molecule has 0 radical (unpaired) electrons. The van der Waals surface area contributed by atoms with Crippen LogP contribution in [0.25, 0.3) is 33.5 Å². The third-order valence-corrected chi connectivity index (χ3v) is 30.6. The SMILES string of the molecule is CC[C@H]1O[C@@H](n2cnc3c(=O)[nH]c(N)nc32)C[C@H]1OP(=O)(S)OC[C@H]1O[C@@H](n2cc(C)c(N)nc2=O)C(OCCOC)[C@H]1OP(=O)(O)OC[C@H]1O[C@@H](n2cnc3c(N)ncnc32)C(OCCOC)[C@H]1OP(=O)(O)OC[C@H]1O[C@@H](n2cc(C)c(=O)[nH]c2=O)C(OCCOC)[C@H]1OP(=O)(S)OC[C@H]1O[C@@H](n2cnc3c(N)ncnc32)C(OCCOC)[C@H]1OP(=O)(S)OC[C@H]1O[C@@H](n2cc(C)c(N)nc2=O)C(OCCOC)[C@H]1O. The van der Waals surface area contributed by atoms with Gasteiger partial charge in [-0.05, 0) is 27.2 Å². The number of phosphoric ester groups is 2. The number of ether oxygens (including phenoxy) is 16. The monoisotopic (exact) mass is 2220 g/mol. The fourth-order valence-electron chi connectivity index (χ4n) is 16.8. The van der Waals surface area contributed by atoms with Crippen LogP contribution in [0.4, 0.5) is 29.2 Å². The number of nitrogens with one attached hydrogen (secondary N) is 2. The lowest BCUT2D eigenvalue weighted by Gasteiger charge is -2.29. The number of rotatable bonds is 52. The summed E-state index contributed by atoms with van der Waals surface area (Å²) in [6.45, 7) is -15.8. The first-order valence-electron chi connectivity index (χ1n) is 44.6. The molecule has 0 aliphatic carbocycles. The van der Waals surface area contributed by atoms with E-state index in [1.54, 1.807) is 13.8 Å². The minimum atomic E-state index is -5.93. The number of aryl methyl sites for hydroxylation is 3. The second-order valence-electron chi connectivity index (χ2n) is 33.4. The summed E-state index contributed by atoms with van der Waals surface area (Å²) in [5.41, 5.74) is 26.6. The summed E-state index contributed by atoms with van der Waals surface area (Å²) >= 11 is 13.2. The minimum absolute atomic E-state index is 0.00109. The Labute approximate surface area is 841 Å². The number of fused-ring (bicyclic) bond motifs is 3. The van der Waals surface area contributed by atoms with Gasteiger partial charge in [-0.3, -0.25) is 92.2 Å². The fourth-order valence-corrected chi connectivity index (χ4v) is 23.2. The van der Waals surface area contributed by atoms with Crippen LogP contribution in [0.1, 0.15) is 73.8 Å². The van der Waals surface area contributed by atoms with E-state index in [1.807, 2.05) is 0 Å². The summed E-state index contributed by atoms with van der Waals surface area (Å²) in [6.07, 6.45) is -27.0. The van der Waals surface area contributed by atoms with Gasteiger partial charge in [0.05, 0.1) is 130 Å². The van der Waals surface area contributed by atoms with Crippen LogP contribution < -0.4 is 56.9 Å². The van der Waals surface area contributed by atoms with Crippen molar-refractivity contribution in [2.24, 2.45) is 0 Å². The van der Waals surface area contributed by atoms with Gasteiger partial charge in [-0.1, -0.05) is 43.7 Å². The molecule has 6 saturated heterocycles. The van der Waals surface area contributed by atoms with Gasteiger partial charge in [0.2, 0.25) is 5.95 Å². The molecule has 9 aromatic heterocycles. The number of anilines is 5. The van der Waals surface area contributed by atoms with Gasteiger partial charge in [0.25, 0.3) is 11.1 Å². The molecule has 146 heavy (non-hydrogen) atoms. The normalized spacial score (nSPS) is 29.1. The Morgan fingerprint density at radius 1 is 0.390 bits per heavy atom. The van der Waals surface area contributed by atoms with Gasteiger partial charge in [0.1, 0.15) is 133 Å². The average molecular weight is 2220 g/mol. The maximum absolute atomic E-state index is 15.6. The molecule has 0 bridgehead atoms. The maximum atomic E-state index is 15.6. The van der Waals surface area contributed by atoms with Crippen LogP contribution in [0.2, 0.25) is 0 Å². The first-order valence-corrected chi connectivity index (χ1v) is 55.7. The number of aromatic nitrogens is 18. The minimum Gasteiger partial charge on any atom is -0.387 e. The number of thiol groups is 3. The first-order chi connectivity index (χ1) is 69.6. The molecule has 70 heteroatoms. The van der Waals surface area contributed by atoms with Gasteiger partial charge in [0, 0.05) is 77.3 Å². The van der Waals surface area contributed by atoms with E-state index in [9.17, 15) is 43.4 Å². The number of phosphoric acid groups is 2. The van der Waals surface area contributed by atoms with E-state index < -0.39 is 245 Å². The Hall–Kier alpha value is -8.07. The van der Waals surface area contributed by atoms with Crippen LogP contribution in [0.3, 0.4) is 0 Å². The van der Waals surface area contributed by atoms with Crippen molar-refractivity contribution < 1.29 is 159 Å². The first kappa shape index (κ1) is 112. The van der Waals surface area contributed by atoms with Crippen molar-refractivity contribution in [3.63, 3.8) is 0 Å². The lowest BCUT2D eigenvalue weighted by molar-refractivity contribution is -0.0838. The van der Waals surface area contributed by atoms with Gasteiger partial charge < -0.3 is 119 Å². The van der Waals surface area contributed by atoms with E-state index in [0.29, 0.717) is 5.56 Å². The third-order valence-electron chi connectivity index (χ3n) is 23.7. The molecule has 6 fully saturated rings. The van der Waals surface area contributed by atoms with E-state index in [1.165, 1.54) is 94.5 Å². The summed E-state index contributed by atoms with van der Waals surface area (Å²) in [6, 6.07) is 0. The van der Waals surface area contributed by atoms with Crippen molar-refractivity contribution in [1.29, 1.82) is 0 Å². The molecule has 806 valence electrons. The van der Waals surface area contributed by atoms with Crippen molar-refractivity contribution >= 4 is 135 Å². The standard InChI is InChI=1S/C76H110N23O39P5S3/c1-10-38-39(21-45(128-38)97-32-88-48-65(97)91-73(81)92-67(48)102)134-141(110,144)126-28-43-51(55(119-17-12-114-6)69(131-43)95-23-36(3)60(78)90-75(95)104)136-139(106,107)123-26-41-50(56(120-18-13-115-7)71(132-41)98-33-86-46-61(79)82-30-84-63(46)98)135-140(108,109)124-27-42-52(57(121-19-14-116-8)70(130-42)96-24-37(4)66(101)93-76(96)105)137-143(112,146)127-29-44-53(58(122-20-15-117-9)72(133-44)99-34-87-47-62(80)83-31-85-64(47)99)138-142(111,145)125-25-40-49(100)54(118-16-11-113-5)68(129-40)94-22-35(2)59(77)89-74(94)103/h22-24,30-34,38-45,49-58,68-72,100H,10-21,25-29H2,1-9H3,(H,106,107)(H,108,109)(H,110,144)(H,111,145)(H,112,146)(H2,77,89,103)(H2,78,90,104)(H2,79,82,84)(H2,80,83,85)(H,93,101,105)(H3,81,91,92,102)/t38-,39-,40-,41-,42-,43-,44-,45-,49+,50+,51+,52+,53+,54?,55?,56?,57?,58?,68-,69-,70-,71-,72-,141?,142?,143?/m1/s1. The Bertz CT molecular complexity index is 6640. The van der Waals surface area contributed by atoms with E-state index in [0.717, 1.165) is 32.6 Å². The number of H-pyrrole nitrogens is 2. The molecule has 0 saturated carbocycles. The molecule has 6 aliphatic rings. The van der Waals surface area contributed by atoms with Gasteiger partial charge in [-0.2, -0.15) is 15.0 Å². The van der Waals surface area contributed by atoms with Gasteiger partial charge >= 0.3 is 53.1 Å². The molecule has 62 nitrogen and oxygen atoms in total. The summed E-state index contributed by atoms with van der Waals surface area (Å²) in [5, 5.41) is 11.8. The highest BCUT2D eigenvalue weighted by atomic mass is 32.7. The maximum Gasteiger partial charge on any atom is 0.472 e. The molecule has 0 spiro atoms. The molecule has 6 aliphatic heterocycles. The summed E-state index contributed by atoms with van der Waals surface area (Å²) in [5.74, 6) is -0.684. The van der Waals surface area contributed by atoms with E-state index in [-0.39, 0.29) is 146 Å². The Morgan fingerprint density at radius 3 is 1.18 bits per heavy atom. The number of methoxy groups -OCH3 is 5. The zero-order valence-electron chi connectivity index (χ0n) is 79.1. The topological polar surface area (TPSA) is 792 Å². The molecule has 0 amide bonds. The molecular formula is C76H110N23O39P5S3. The second-order valence-corrected chi connectivity index (χ2v) is 44.8. The molecule has 28 atom stereocenters. The highest BCUT2D eigenvalue weighted by Crippen LogP contribution is 2.62. The molecule has 15 heterocycles. The van der Waals surface area contributed by atoms with E-state index in [2.05, 4.69) is 96.6 Å². The van der Waals surface area contributed by atoms with Crippen LogP contribution in [0, 0.1) is 20.8 Å². The van der Waals surface area contributed by atoms with Crippen LogP contribution >= 0.6 is 72.8 Å². The molecule has 9 aromatic rings. The van der Waals surface area contributed by atoms with Crippen LogP contribution in [-0.4, -0.2) is 341 Å². The zero-order chi connectivity index (χ0) is 105. The summed E-state index contributed by atoms with van der Waals surface area (Å²) in [7, 11) is -5.01. The van der Waals surface area contributed by atoms with Crippen LogP contribution in [0.15, 0.2) is 74.2 Å². The van der Waals surface area contributed by atoms with E-state index >= 15 is 18.3 Å². The van der Waals surface area contributed by atoms with Crippen molar-refractivity contribution in [1.82, 2.24) is 87.2 Å². The quantitative estimate of drug-likeness (QED) is 0.0142. The molecular weight excluding hydrogens is 2110 g/mol. The Morgan fingerprint density at radius 2 is 0.753 bits per heavy atom. The number of nitrogens with zero attached hydrogens (tertiary/aromatic N) is 16. The van der Waals surface area contributed by atoms with Crippen LogP contribution in [-0.2, 0) is 144 Å². The molecule has 0 aromatic carbocycles. The lowest BCUT2D eigenvalue weighted by atomic mass is 10.1. The number of hydrogen-bond acceptors (Lipinski definition) is 52. The smallest absolute Gasteiger partial charge is 0.387 e. The predicted molar refractivity (Wildman–Crippen MR) is 509 cm³/mol. The molecule has 15 N–H and O–H groups in total. The number of imidazole rings is 3.